The minimum atomic E-state index is -0.0339. The Morgan fingerprint density at radius 3 is 2.68 bits per heavy atom. The molecule has 1 atom stereocenters. The van der Waals surface area contributed by atoms with Crippen LogP contribution in [0.5, 0.6) is 0 Å². The van der Waals surface area contributed by atoms with Crippen LogP contribution in [0.1, 0.15) is 33.4 Å². The first kappa shape index (κ1) is 16.6. The second-order valence-corrected chi connectivity index (χ2v) is 7.57. The number of hydrogen-bond acceptors (Lipinski definition) is 5. The molecule has 25 heavy (non-hydrogen) atoms. The van der Waals surface area contributed by atoms with Gasteiger partial charge in [-0.25, -0.2) is 0 Å². The van der Waals surface area contributed by atoms with Gasteiger partial charge in [0.05, 0.1) is 18.1 Å². The summed E-state index contributed by atoms with van der Waals surface area (Å²) in [7, 11) is 0. The van der Waals surface area contributed by atoms with Gasteiger partial charge in [0.25, 0.3) is 5.91 Å². The van der Waals surface area contributed by atoms with Gasteiger partial charge in [-0.15, -0.1) is 11.3 Å². The molecule has 6 heteroatoms. The minimum absolute atomic E-state index is 0.0339. The fourth-order valence-electron chi connectivity index (χ4n) is 3.36. The van der Waals surface area contributed by atoms with Crippen LogP contribution in [0, 0.1) is 0 Å². The van der Waals surface area contributed by atoms with Gasteiger partial charge in [0.15, 0.2) is 0 Å². The molecule has 132 valence electrons. The van der Waals surface area contributed by atoms with E-state index in [1.54, 1.807) is 11.3 Å². The molecule has 1 amide bonds. The maximum Gasteiger partial charge on any atom is 0.265 e. The predicted octanol–water partition coefficient (Wildman–Crippen LogP) is 3.26. The summed E-state index contributed by atoms with van der Waals surface area (Å²) in [5.74, 6) is -0.0339. The molecule has 5 nitrogen and oxygen atoms in total. The Labute approximate surface area is 152 Å². The third-order valence-electron chi connectivity index (χ3n) is 4.76. The Morgan fingerprint density at radius 1 is 1.16 bits per heavy atom. The van der Waals surface area contributed by atoms with Gasteiger partial charge in [-0.2, -0.15) is 0 Å². The van der Waals surface area contributed by atoms with Crippen molar-refractivity contribution in [2.24, 2.45) is 0 Å². The zero-order valence-corrected chi connectivity index (χ0v) is 15.0. The molecule has 2 saturated heterocycles. The van der Waals surface area contributed by atoms with Crippen molar-refractivity contribution in [1.29, 1.82) is 0 Å². The third-order valence-corrected chi connectivity index (χ3v) is 5.95. The lowest BCUT2D eigenvalue weighted by atomic mass is 10.2. The number of thiophene rings is 1. The van der Waals surface area contributed by atoms with Gasteiger partial charge in [-0.1, -0.05) is 0 Å². The molecule has 2 N–H and O–H groups in total. The second-order valence-electron chi connectivity index (χ2n) is 6.45. The zero-order valence-electron chi connectivity index (χ0n) is 14.2. The Balaban J connectivity index is 1.38. The first-order valence-corrected chi connectivity index (χ1v) is 9.68. The summed E-state index contributed by atoms with van der Waals surface area (Å²) in [6, 6.07) is 12.5. The number of anilines is 2. The van der Waals surface area contributed by atoms with Crippen LogP contribution in [0.2, 0.25) is 0 Å². The van der Waals surface area contributed by atoms with Crippen molar-refractivity contribution >= 4 is 28.6 Å². The molecule has 0 bridgehead atoms. The molecular weight excluding hydrogens is 334 g/mol. The third kappa shape index (κ3) is 3.86. The molecule has 0 aliphatic carbocycles. The van der Waals surface area contributed by atoms with E-state index in [0.29, 0.717) is 6.04 Å². The normalized spacial score (nSPS) is 20.6. The lowest BCUT2D eigenvalue weighted by Gasteiger charge is -2.28. The van der Waals surface area contributed by atoms with E-state index in [0.717, 1.165) is 49.8 Å². The van der Waals surface area contributed by atoms with E-state index < -0.39 is 0 Å². The SMILES string of the molecule is O=C(Nc1ccc(N2CCOCC2)cc1)c1ccc(C2CCCN2)s1. The molecule has 1 aromatic carbocycles. The first-order chi connectivity index (χ1) is 12.3. The summed E-state index contributed by atoms with van der Waals surface area (Å²) in [5.41, 5.74) is 2.00. The van der Waals surface area contributed by atoms with Crippen molar-refractivity contribution in [3.63, 3.8) is 0 Å². The van der Waals surface area contributed by atoms with Crippen molar-refractivity contribution < 1.29 is 9.53 Å². The van der Waals surface area contributed by atoms with Gasteiger partial charge < -0.3 is 20.3 Å². The molecule has 0 saturated carbocycles. The van der Waals surface area contributed by atoms with Gasteiger partial charge in [0.1, 0.15) is 0 Å². The van der Waals surface area contributed by atoms with Crippen LogP contribution in [0.4, 0.5) is 11.4 Å². The highest BCUT2D eigenvalue weighted by Gasteiger charge is 2.19. The summed E-state index contributed by atoms with van der Waals surface area (Å²) in [6.07, 6.45) is 2.37. The highest BCUT2D eigenvalue weighted by atomic mass is 32.1. The second kappa shape index (κ2) is 7.56. The summed E-state index contributed by atoms with van der Waals surface area (Å²) in [4.78, 5) is 16.8. The molecule has 2 aromatic rings. The fraction of sp³-hybridized carbons (Fsp3) is 0.421. The van der Waals surface area contributed by atoms with E-state index in [2.05, 4.69) is 33.7 Å². The van der Waals surface area contributed by atoms with Crippen LogP contribution in [-0.2, 0) is 4.74 Å². The van der Waals surface area contributed by atoms with E-state index in [4.69, 9.17) is 4.74 Å². The standard InChI is InChI=1S/C19H23N3O2S/c23-19(18-8-7-17(25-18)16-2-1-9-20-16)21-14-3-5-15(6-4-14)22-10-12-24-13-11-22/h3-8,16,20H,1-2,9-13H2,(H,21,23). The van der Waals surface area contributed by atoms with Crippen molar-refractivity contribution in [1.82, 2.24) is 5.32 Å². The first-order valence-electron chi connectivity index (χ1n) is 8.87. The van der Waals surface area contributed by atoms with Gasteiger partial charge in [0.2, 0.25) is 0 Å². The molecule has 1 unspecified atom stereocenters. The summed E-state index contributed by atoms with van der Waals surface area (Å²) >= 11 is 1.59. The number of carbonyl (C=O) groups excluding carboxylic acids is 1. The van der Waals surface area contributed by atoms with E-state index in [9.17, 15) is 4.79 Å². The number of benzene rings is 1. The average molecular weight is 357 g/mol. The monoisotopic (exact) mass is 357 g/mol. The Hall–Kier alpha value is -1.89. The number of rotatable bonds is 4. The van der Waals surface area contributed by atoms with Gasteiger partial charge in [-0.05, 0) is 55.8 Å². The van der Waals surface area contributed by atoms with E-state index >= 15 is 0 Å². The molecule has 4 rings (SSSR count). The number of amides is 1. The van der Waals surface area contributed by atoms with Gasteiger partial charge >= 0.3 is 0 Å². The van der Waals surface area contributed by atoms with Crippen LogP contribution in [-0.4, -0.2) is 38.8 Å². The van der Waals surface area contributed by atoms with Crippen molar-refractivity contribution in [3.8, 4) is 0 Å². The van der Waals surface area contributed by atoms with Crippen LogP contribution in [0.3, 0.4) is 0 Å². The van der Waals surface area contributed by atoms with Crippen molar-refractivity contribution in [2.75, 3.05) is 43.1 Å². The molecule has 0 radical (unpaired) electrons. The zero-order chi connectivity index (χ0) is 17.1. The summed E-state index contributed by atoms with van der Waals surface area (Å²) in [6.45, 7) is 4.45. The lowest BCUT2D eigenvalue weighted by Crippen LogP contribution is -2.36. The number of ether oxygens (including phenoxy) is 1. The number of nitrogens with zero attached hydrogens (tertiary/aromatic N) is 1. The van der Waals surface area contributed by atoms with E-state index in [1.807, 2.05) is 18.2 Å². The molecule has 3 heterocycles. The lowest BCUT2D eigenvalue weighted by molar-refractivity contribution is 0.103. The molecule has 0 spiro atoms. The fourth-order valence-corrected chi connectivity index (χ4v) is 4.37. The number of carbonyl (C=O) groups is 1. The molecule has 2 aliphatic rings. The highest BCUT2D eigenvalue weighted by Crippen LogP contribution is 2.29. The molecular formula is C19H23N3O2S. The smallest absolute Gasteiger partial charge is 0.265 e. The maximum atomic E-state index is 12.5. The summed E-state index contributed by atoms with van der Waals surface area (Å²) in [5, 5.41) is 6.48. The summed E-state index contributed by atoms with van der Waals surface area (Å²) < 4.78 is 5.38. The van der Waals surface area contributed by atoms with Crippen LogP contribution < -0.4 is 15.5 Å². The van der Waals surface area contributed by atoms with Crippen molar-refractivity contribution in [2.45, 2.75) is 18.9 Å². The predicted molar refractivity (Wildman–Crippen MR) is 102 cm³/mol. The highest BCUT2D eigenvalue weighted by molar-refractivity contribution is 7.14. The Morgan fingerprint density at radius 2 is 1.96 bits per heavy atom. The van der Waals surface area contributed by atoms with Crippen molar-refractivity contribution in [3.05, 3.63) is 46.2 Å². The number of hydrogen-bond donors (Lipinski definition) is 2. The number of morpholine rings is 1. The van der Waals surface area contributed by atoms with E-state index in [1.165, 1.54) is 17.0 Å². The molecule has 2 fully saturated rings. The largest absolute Gasteiger partial charge is 0.378 e. The quantitative estimate of drug-likeness (QED) is 0.882. The van der Waals surface area contributed by atoms with E-state index in [-0.39, 0.29) is 5.91 Å². The Kier molecular flexibility index (Phi) is 5.01. The van der Waals surface area contributed by atoms with Gasteiger partial charge in [0, 0.05) is 35.4 Å². The van der Waals surface area contributed by atoms with Crippen LogP contribution in [0.25, 0.3) is 0 Å². The topological polar surface area (TPSA) is 53.6 Å². The Bertz CT molecular complexity index is 717. The molecule has 1 aromatic heterocycles. The molecule has 2 aliphatic heterocycles. The minimum Gasteiger partial charge on any atom is -0.378 e. The average Bonchev–Trinajstić information content (AvgIpc) is 3.35. The van der Waals surface area contributed by atoms with Crippen LogP contribution >= 0.6 is 11.3 Å². The van der Waals surface area contributed by atoms with Gasteiger partial charge in [-0.3, -0.25) is 4.79 Å². The maximum absolute atomic E-state index is 12.5. The van der Waals surface area contributed by atoms with Crippen LogP contribution in [0.15, 0.2) is 36.4 Å². The number of nitrogens with one attached hydrogen (secondary N) is 2.